The van der Waals surface area contributed by atoms with E-state index in [1.54, 1.807) is 0 Å². The highest BCUT2D eigenvalue weighted by molar-refractivity contribution is 5.95. The van der Waals surface area contributed by atoms with E-state index in [9.17, 15) is 19.7 Å². The van der Waals surface area contributed by atoms with Crippen LogP contribution in [0, 0.1) is 21.4 Å². The number of benzene rings is 2. The van der Waals surface area contributed by atoms with E-state index in [0.29, 0.717) is 11.3 Å². The summed E-state index contributed by atoms with van der Waals surface area (Å²) < 4.78 is 10.2. The van der Waals surface area contributed by atoms with Gasteiger partial charge < -0.3 is 14.8 Å². The number of hydrogen-bond donors (Lipinski definition) is 1. The van der Waals surface area contributed by atoms with Gasteiger partial charge in [-0.1, -0.05) is 12.1 Å². The van der Waals surface area contributed by atoms with Crippen molar-refractivity contribution in [3.05, 3.63) is 64.2 Å². The smallest absolute Gasteiger partial charge is 0.347 e. The lowest BCUT2D eigenvalue weighted by molar-refractivity contribution is -0.383. The quantitative estimate of drug-likeness (QED) is 0.450. The van der Waals surface area contributed by atoms with Crippen molar-refractivity contribution in [3.63, 3.8) is 0 Å². The number of ether oxygens (including phenoxy) is 2. The van der Waals surface area contributed by atoms with Gasteiger partial charge in [0, 0.05) is 6.07 Å². The summed E-state index contributed by atoms with van der Waals surface area (Å²) in [6, 6.07) is 13.7. The lowest BCUT2D eigenvalue weighted by Crippen LogP contribution is -2.29. The summed E-state index contributed by atoms with van der Waals surface area (Å²) in [6.07, 6.45) is -0.989. The van der Waals surface area contributed by atoms with Crippen molar-refractivity contribution < 1.29 is 24.0 Å². The molecule has 0 saturated carbocycles. The Morgan fingerprint density at radius 1 is 1.22 bits per heavy atom. The SMILES string of the molecule is C[C@H](Oc1ccc(C#N)cc1)C(=O)OCC(=O)Nc1ccccc1[N+](=O)[O-]. The molecule has 0 fully saturated rings. The van der Waals surface area contributed by atoms with Crippen LogP contribution in [0.4, 0.5) is 11.4 Å². The zero-order chi connectivity index (χ0) is 19.8. The van der Waals surface area contributed by atoms with Gasteiger partial charge in [-0.05, 0) is 37.3 Å². The molecule has 0 aromatic heterocycles. The molecule has 2 aromatic carbocycles. The molecule has 0 unspecified atom stereocenters. The van der Waals surface area contributed by atoms with Crippen molar-refractivity contribution in [3.8, 4) is 11.8 Å². The van der Waals surface area contributed by atoms with Crippen LogP contribution in [-0.2, 0) is 14.3 Å². The number of esters is 1. The average molecular weight is 369 g/mol. The second kappa shape index (κ2) is 8.96. The Balaban J connectivity index is 1.86. The molecule has 9 heteroatoms. The summed E-state index contributed by atoms with van der Waals surface area (Å²) >= 11 is 0. The number of carbonyl (C=O) groups excluding carboxylic acids is 2. The Morgan fingerprint density at radius 2 is 1.89 bits per heavy atom. The maximum absolute atomic E-state index is 11.9. The zero-order valence-corrected chi connectivity index (χ0v) is 14.2. The molecular weight excluding hydrogens is 354 g/mol. The lowest BCUT2D eigenvalue weighted by Gasteiger charge is -2.14. The van der Waals surface area contributed by atoms with Crippen LogP contribution in [0.1, 0.15) is 12.5 Å². The van der Waals surface area contributed by atoms with E-state index < -0.39 is 29.5 Å². The number of amides is 1. The van der Waals surface area contributed by atoms with Crippen molar-refractivity contribution in [1.29, 1.82) is 5.26 Å². The van der Waals surface area contributed by atoms with Gasteiger partial charge in [0.25, 0.3) is 11.6 Å². The van der Waals surface area contributed by atoms with Gasteiger partial charge in [-0.2, -0.15) is 5.26 Å². The molecule has 9 nitrogen and oxygen atoms in total. The zero-order valence-electron chi connectivity index (χ0n) is 14.2. The molecule has 1 N–H and O–H groups in total. The highest BCUT2D eigenvalue weighted by Crippen LogP contribution is 2.23. The number of rotatable bonds is 7. The molecule has 27 heavy (non-hydrogen) atoms. The Hall–Kier alpha value is -3.93. The number of hydrogen-bond acceptors (Lipinski definition) is 7. The van der Waals surface area contributed by atoms with Gasteiger partial charge in [-0.3, -0.25) is 14.9 Å². The van der Waals surface area contributed by atoms with E-state index in [2.05, 4.69) is 5.32 Å². The molecule has 2 rings (SSSR count). The molecule has 138 valence electrons. The van der Waals surface area contributed by atoms with Crippen LogP contribution < -0.4 is 10.1 Å². The number of nitro benzene ring substituents is 1. The predicted octanol–water partition coefficient (Wildman–Crippen LogP) is 2.42. The van der Waals surface area contributed by atoms with Crippen molar-refractivity contribution in [2.75, 3.05) is 11.9 Å². The van der Waals surface area contributed by atoms with Crippen LogP contribution in [0.25, 0.3) is 0 Å². The van der Waals surface area contributed by atoms with Crippen LogP contribution >= 0.6 is 0 Å². The first-order chi connectivity index (χ1) is 12.9. The van der Waals surface area contributed by atoms with Gasteiger partial charge in [0.05, 0.1) is 16.6 Å². The van der Waals surface area contributed by atoms with Gasteiger partial charge in [0.1, 0.15) is 11.4 Å². The summed E-state index contributed by atoms with van der Waals surface area (Å²) in [5.74, 6) is -1.14. The molecule has 0 heterocycles. The van der Waals surface area contributed by atoms with Crippen LogP contribution in [0.15, 0.2) is 48.5 Å². The van der Waals surface area contributed by atoms with Gasteiger partial charge in [0.15, 0.2) is 12.7 Å². The molecule has 1 amide bonds. The van der Waals surface area contributed by atoms with Gasteiger partial charge in [0.2, 0.25) is 0 Å². The molecule has 2 aromatic rings. The van der Waals surface area contributed by atoms with Gasteiger partial charge in [-0.15, -0.1) is 0 Å². The molecular formula is C18H15N3O6. The summed E-state index contributed by atoms with van der Waals surface area (Å²) in [7, 11) is 0. The highest BCUT2D eigenvalue weighted by Gasteiger charge is 2.19. The summed E-state index contributed by atoms with van der Waals surface area (Å²) in [4.78, 5) is 34.1. The number of nitrogens with one attached hydrogen (secondary N) is 1. The number of anilines is 1. The minimum Gasteiger partial charge on any atom is -0.479 e. The lowest BCUT2D eigenvalue weighted by atomic mass is 10.2. The second-order valence-corrected chi connectivity index (χ2v) is 5.33. The maximum Gasteiger partial charge on any atom is 0.347 e. The summed E-state index contributed by atoms with van der Waals surface area (Å²) in [5.41, 5.74) is 0.185. The standard InChI is InChI=1S/C18H15N3O6/c1-12(27-14-8-6-13(10-19)7-9-14)18(23)26-11-17(22)20-15-4-2-3-5-16(15)21(24)25/h2-9,12H,11H2,1H3,(H,20,22)/t12-/m0/s1. The van der Waals surface area contributed by atoms with Crippen molar-refractivity contribution in [2.24, 2.45) is 0 Å². The number of nitrogens with zero attached hydrogens (tertiary/aromatic N) is 2. The fraction of sp³-hybridized carbons (Fsp3) is 0.167. The molecule has 0 aliphatic carbocycles. The largest absolute Gasteiger partial charge is 0.479 e. The molecule has 0 spiro atoms. The van der Waals surface area contributed by atoms with Crippen molar-refractivity contribution in [2.45, 2.75) is 13.0 Å². The molecule has 0 bridgehead atoms. The maximum atomic E-state index is 11.9. The van der Waals surface area contributed by atoms with Crippen LogP contribution in [0.5, 0.6) is 5.75 Å². The molecule has 0 radical (unpaired) electrons. The summed E-state index contributed by atoms with van der Waals surface area (Å²) in [5, 5.41) is 22.0. The van der Waals surface area contributed by atoms with Crippen molar-refractivity contribution in [1.82, 2.24) is 0 Å². The first kappa shape index (κ1) is 19.4. The van der Waals surface area contributed by atoms with E-state index in [4.69, 9.17) is 14.7 Å². The molecule has 0 saturated heterocycles. The Labute approximate surface area is 154 Å². The molecule has 0 aliphatic heterocycles. The van der Waals surface area contributed by atoms with Gasteiger partial charge >= 0.3 is 5.97 Å². The Morgan fingerprint density at radius 3 is 2.52 bits per heavy atom. The topological polar surface area (TPSA) is 132 Å². The third-order valence-electron chi connectivity index (χ3n) is 3.35. The minimum absolute atomic E-state index is 0.00503. The minimum atomic E-state index is -0.989. The highest BCUT2D eigenvalue weighted by atomic mass is 16.6. The average Bonchev–Trinajstić information content (AvgIpc) is 2.66. The van der Waals surface area contributed by atoms with E-state index in [0.717, 1.165) is 0 Å². The van der Waals surface area contributed by atoms with E-state index >= 15 is 0 Å². The number of para-hydroxylation sites is 2. The van der Waals surface area contributed by atoms with Crippen LogP contribution in [0.3, 0.4) is 0 Å². The monoisotopic (exact) mass is 369 g/mol. The number of carbonyl (C=O) groups is 2. The predicted molar refractivity (Wildman–Crippen MR) is 93.9 cm³/mol. The Kier molecular flexibility index (Phi) is 6.44. The first-order valence-corrected chi connectivity index (χ1v) is 7.77. The van der Waals surface area contributed by atoms with Crippen LogP contribution in [0.2, 0.25) is 0 Å². The number of nitro groups is 1. The second-order valence-electron chi connectivity index (χ2n) is 5.33. The molecule has 0 aliphatic rings. The third-order valence-corrected chi connectivity index (χ3v) is 3.35. The normalized spacial score (nSPS) is 11.0. The Bertz CT molecular complexity index is 889. The molecule has 1 atom stereocenters. The third kappa shape index (κ3) is 5.54. The van der Waals surface area contributed by atoms with E-state index in [1.807, 2.05) is 6.07 Å². The van der Waals surface area contributed by atoms with E-state index in [-0.39, 0.29) is 11.4 Å². The van der Waals surface area contributed by atoms with Crippen molar-refractivity contribution >= 4 is 23.3 Å². The van der Waals surface area contributed by atoms with E-state index in [1.165, 1.54) is 55.5 Å². The summed E-state index contributed by atoms with van der Waals surface area (Å²) in [6.45, 7) is 0.826. The fourth-order valence-corrected chi connectivity index (χ4v) is 2.04. The fourth-order valence-electron chi connectivity index (χ4n) is 2.04. The number of nitriles is 1. The van der Waals surface area contributed by atoms with Gasteiger partial charge in [-0.25, -0.2) is 4.79 Å². The first-order valence-electron chi connectivity index (χ1n) is 7.77. The van der Waals surface area contributed by atoms with Crippen LogP contribution in [-0.4, -0.2) is 29.5 Å².